The second-order valence-corrected chi connectivity index (χ2v) is 7.63. The third-order valence-electron chi connectivity index (χ3n) is 3.75. The lowest BCUT2D eigenvalue weighted by Gasteiger charge is -2.14. The number of carbonyl (C=O) groups excluding carboxylic acids is 1. The van der Waals surface area contributed by atoms with Crippen LogP contribution >= 0.6 is 11.3 Å². The molecule has 2 aromatic heterocycles. The summed E-state index contributed by atoms with van der Waals surface area (Å²) in [6, 6.07) is 2.04. The van der Waals surface area contributed by atoms with Gasteiger partial charge in [0.05, 0.1) is 11.8 Å². The molecule has 1 atom stereocenters. The molecular weight excluding hydrogens is 286 g/mol. The van der Waals surface area contributed by atoms with Crippen molar-refractivity contribution >= 4 is 27.5 Å². The van der Waals surface area contributed by atoms with Gasteiger partial charge in [-0.3, -0.25) is 14.2 Å². The summed E-state index contributed by atoms with van der Waals surface area (Å²) in [6.45, 7) is 6.88. The van der Waals surface area contributed by atoms with Crippen molar-refractivity contribution in [1.82, 2.24) is 14.9 Å². The van der Waals surface area contributed by atoms with E-state index in [1.165, 1.54) is 11.3 Å². The average molecular weight is 305 g/mol. The number of aromatic nitrogens is 2. The zero-order valence-electron chi connectivity index (χ0n) is 12.5. The number of nitrogens with zero attached hydrogens (tertiary/aromatic N) is 2. The fourth-order valence-electron chi connectivity index (χ4n) is 2.50. The van der Waals surface area contributed by atoms with Gasteiger partial charge in [0.1, 0.15) is 4.70 Å². The summed E-state index contributed by atoms with van der Waals surface area (Å²) < 4.78 is 2.31. The Morgan fingerprint density at radius 1 is 1.43 bits per heavy atom. The molecule has 6 heteroatoms. The summed E-state index contributed by atoms with van der Waals surface area (Å²) >= 11 is 1.52. The summed E-state index contributed by atoms with van der Waals surface area (Å²) in [5.74, 6) is 0.0632. The van der Waals surface area contributed by atoms with Crippen molar-refractivity contribution in [3.63, 3.8) is 0 Å². The van der Waals surface area contributed by atoms with E-state index in [2.05, 4.69) is 31.1 Å². The molecule has 0 aliphatic carbocycles. The molecule has 21 heavy (non-hydrogen) atoms. The van der Waals surface area contributed by atoms with Gasteiger partial charge >= 0.3 is 0 Å². The number of fused-ring (bicyclic) bond motifs is 1. The van der Waals surface area contributed by atoms with Crippen molar-refractivity contribution in [2.45, 2.75) is 51.6 Å². The Labute approximate surface area is 127 Å². The lowest BCUT2D eigenvalue weighted by atomic mass is 9.95. The van der Waals surface area contributed by atoms with E-state index in [1.807, 2.05) is 6.07 Å². The third kappa shape index (κ3) is 2.72. The van der Waals surface area contributed by atoms with Gasteiger partial charge in [0, 0.05) is 23.9 Å². The van der Waals surface area contributed by atoms with Crippen LogP contribution in [-0.2, 0) is 16.8 Å². The lowest BCUT2D eigenvalue weighted by Crippen LogP contribution is -2.33. The Morgan fingerprint density at radius 3 is 2.81 bits per heavy atom. The van der Waals surface area contributed by atoms with Gasteiger partial charge in [0.25, 0.3) is 5.56 Å². The second kappa shape index (κ2) is 4.94. The van der Waals surface area contributed by atoms with E-state index in [-0.39, 0.29) is 22.9 Å². The number of hydrogen-bond donors (Lipinski definition) is 1. The first kappa shape index (κ1) is 14.3. The van der Waals surface area contributed by atoms with Crippen molar-refractivity contribution in [3.8, 4) is 0 Å². The highest BCUT2D eigenvalue weighted by Crippen LogP contribution is 2.31. The molecule has 1 aliphatic heterocycles. The summed E-state index contributed by atoms with van der Waals surface area (Å²) in [4.78, 5) is 29.4. The van der Waals surface area contributed by atoms with Crippen LogP contribution in [0.3, 0.4) is 0 Å². The van der Waals surface area contributed by atoms with Gasteiger partial charge in [0.2, 0.25) is 5.91 Å². The van der Waals surface area contributed by atoms with Crippen molar-refractivity contribution in [2.24, 2.45) is 0 Å². The number of rotatable bonds is 2. The molecule has 1 aliphatic rings. The van der Waals surface area contributed by atoms with Crippen LogP contribution in [0.1, 0.15) is 38.5 Å². The minimum atomic E-state index is -0.0124. The standard InChI is InChI=1S/C15H19N3O2S/c1-15(2,3)11-6-10-13(21-11)14(20)18(8-16-10)7-9-4-5-12(19)17-9/h6,8-9H,4-5,7H2,1-3H3,(H,17,19)/t9-/m0/s1. The van der Waals surface area contributed by atoms with E-state index in [4.69, 9.17) is 0 Å². The van der Waals surface area contributed by atoms with Crippen LogP contribution in [0, 0.1) is 0 Å². The molecule has 0 bridgehead atoms. The van der Waals surface area contributed by atoms with Crippen LogP contribution in [0.2, 0.25) is 0 Å². The van der Waals surface area contributed by atoms with Crippen LogP contribution in [0.4, 0.5) is 0 Å². The number of thiophene rings is 1. The number of amides is 1. The van der Waals surface area contributed by atoms with Gasteiger partial charge in [-0.1, -0.05) is 20.8 Å². The molecule has 0 saturated carbocycles. The Kier molecular flexibility index (Phi) is 3.36. The highest BCUT2D eigenvalue weighted by Gasteiger charge is 2.23. The van der Waals surface area contributed by atoms with Crippen LogP contribution in [0.25, 0.3) is 10.2 Å². The average Bonchev–Trinajstić information content (AvgIpc) is 2.99. The summed E-state index contributed by atoms with van der Waals surface area (Å²) in [5, 5.41) is 2.88. The predicted octanol–water partition coefficient (Wildman–Crippen LogP) is 2.03. The Bertz CT molecular complexity index is 754. The highest BCUT2D eigenvalue weighted by atomic mass is 32.1. The first-order chi connectivity index (χ1) is 9.84. The fraction of sp³-hybridized carbons (Fsp3) is 0.533. The second-order valence-electron chi connectivity index (χ2n) is 6.58. The van der Waals surface area contributed by atoms with Crippen molar-refractivity contribution in [1.29, 1.82) is 0 Å². The number of hydrogen-bond acceptors (Lipinski definition) is 4. The quantitative estimate of drug-likeness (QED) is 0.923. The first-order valence-electron chi connectivity index (χ1n) is 7.13. The molecule has 1 amide bonds. The molecule has 1 fully saturated rings. The van der Waals surface area contributed by atoms with Crippen molar-refractivity contribution in [3.05, 3.63) is 27.6 Å². The van der Waals surface area contributed by atoms with Crippen LogP contribution in [-0.4, -0.2) is 21.5 Å². The Hall–Kier alpha value is -1.69. The van der Waals surface area contributed by atoms with Crippen LogP contribution in [0.15, 0.2) is 17.2 Å². The third-order valence-corrected chi connectivity index (χ3v) is 5.28. The molecule has 5 nitrogen and oxygen atoms in total. The lowest BCUT2D eigenvalue weighted by molar-refractivity contribution is -0.119. The van der Waals surface area contributed by atoms with Crippen molar-refractivity contribution in [2.75, 3.05) is 0 Å². The minimum absolute atomic E-state index is 0.0124. The monoisotopic (exact) mass is 305 g/mol. The molecule has 0 spiro atoms. The maximum Gasteiger partial charge on any atom is 0.271 e. The predicted molar refractivity (Wildman–Crippen MR) is 83.7 cm³/mol. The Morgan fingerprint density at radius 2 is 2.19 bits per heavy atom. The first-order valence-corrected chi connectivity index (χ1v) is 7.95. The normalized spacial score (nSPS) is 19.2. The van der Waals surface area contributed by atoms with E-state index >= 15 is 0 Å². The van der Waals surface area contributed by atoms with E-state index in [0.29, 0.717) is 17.7 Å². The summed E-state index contributed by atoms with van der Waals surface area (Å²) in [5.41, 5.74) is 0.769. The zero-order valence-corrected chi connectivity index (χ0v) is 13.3. The molecule has 0 aromatic carbocycles. The van der Waals surface area contributed by atoms with Gasteiger partial charge < -0.3 is 5.32 Å². The zero-order chi connectivity index (χ0) is 15.2. The minimum Gasteiger partial charge on any atom is -0.352 e. The molecule has 112 valence electrons. The molecule has 0 radical (unpaired) electrons. The van der Waals surface area contributed by atoms with E-state index in [1.54, 1.807) is 10.9 Å². The van der Waals surface area contributed by atoms with Gasteiger partial charge in [-0.05, 0) is 17.9 Å². The van der Waals surface area contributed by atoms with E-state index in [0.717, 1.165) is 16.8 Å². The maximum absolute atomic E-state index is 12.6. The summed E-state index contributed by atoms with van der Waals surface area (Å²) in [6.07, 6.45) is 2.91. The number of nitrogens with one attached hydrogen (secondary N) is 1. The van der Waals surface area contributed by atoms with Gasteiger partial charge in [0.15, 0.2) is 0 Å². The molecule has 0 unspecified atom stereocenters. The molecule has 3 heterocycles. The van der Waals surface area contributed by atoms with Gasteiger partial charge in [-0.2, -0.15) is 0 Å². The van der Waals surface area contributed by atoms with Crippen LogP contribution in [0.5, 0.6) is 0 Å². The highest BCUT2D eigenvalue weighted by molar-refractivity contribution is 7.19. The SMILES string of the molecule is CC(C)(C)c1cc2ncn(C[C@@H]3CCC(=O)N3)c(=O)c2s1. The molecular formula is C15H19N3O2S. The van der Waals surface area contributed by atoms with Crippen LogP contribution < -0.4 is 10.9 Å². The van der Waals surface area contributed by atoms with Gasteiger partial charge in [-0.15, -0.1) is 11.3 Å². The van der Waals surface area contributed by atoms with Gasteiger partial charge in [-0.25, -0.2) is 4.98 Å². The fourth-order valence-corrected chi connectivity index (χ4v) is 3.61. The van der Waals surface area contributed by atoms with E-state index < -0.39 is 0 Å². The number of carbonyl (C=O) groups is 1. The van der Waals surface area contributed by atoms with E-state index in [9.17, 15) is 9.59 Å². The molecule has 1 N–H and O–H groups in total. The molecule has 2 aromatic rings. The van der Waals surface area contributed by atoms with Crippen molar-refractivity contribution < 1.29 is 4.79 Å². The Balaban J connectivity index is 1.96. The smallest absolute Gasteiger partial charge is 0.271 e. The maximum atomic E-state index is 12.6. The topological polar surface area (TPSA) is 64.0 Å². The molecule has 3 rings (SSSR count). The summed E-state index contributed by atoms with van der Waals surface area (Å²) in [7, 11) is 0. The molecule has 1 saturated heterocycles. The largest absolute Gasteiger partial charge is 0.352 e.